The van der Waals surface area contributed by atoms with Gasteiger partial charge in [0.1, 0.15) is 5.78 Å². The Morgan fingerprint density at radius 1 is 1.15 bits per heavy atom. The Balaban J connectivity index is 4.71. The summed E-state index contributed by atoms with van der Waals surface area (Å²) >= 11 is 0. The van der Waals surface area contributed by atoms with Gasteiger partial charge in [0.2, 0.25) is 0 Å². The fraction of sp³-hybridized carbons (Fsp3) is 1.00. The molecule has 0 heterocycles. The lowest BCUT2D eigenvalue weighted by atomic mass is 9.94. The lowest BCUT2D eigenvalue weighted by Crippen LogP contribution is -2.48. The number of hydrogen-bond donors (Lipinski definition) is 1. The fourth-order valence-electron chi connectivity index (χ4n) is 0.936. The molecule has 0 radical (unpaired) electrons. The molecule has 0 aliphatic rings. The molecule has 0 aliphatic carbocycles. The van der Waals surface area contributed by atoms with E-state index >= 15 is 0 Å². The van der Waals surface area contributed by atoms with Crippen molar-refractivity contribution in [3.63, 3.8) is 0 Å². The third-order valence-electron chi connectivity index (χ3n) is 1.79. The highest BCUT2D eigenvalue weighted by Gasteiger charge is 2.36. The van der Waals surface area contributed by atoms with Crippen LogP contribution in [0.25, 0.3) is 0 Å². The molecule has 13 heavy (non-hydrogen) atoms. The molecule has 0 amide bonds. The molecule has 0 aromatic heterocycles. The minimum absolute atomic E-state index is 0.0411. The van der Waals surface area contributed by atoms with Crippen molar-refractivity contribution in [2.75, 3.05) is 0 Å². The first-order valence-corrected chi connectivity index (χ1v) is 5.29. The SMILES string of the molecule is CC(C)(C)C(P=O)N(O)C(C)(C)C. The largest absolute Gasteiger partial charge is 0.312 e. The van der Waals surface area contributed by atoms with E-state index in [-0.39, 0.29) is 25.2 Å². The van der Waals surface area contributed by atoms with Gasteiger partial charge in [0, 0.05) is 5.54 Å². The molecule has 0 aromatic rings. The van der Waals surface area contributed by atoms with E-state index < -0.39 is 0 Å². The van der Waals surface area contributed by atoms with Crippen molar-refractivity contribution in [3.8, 4) is 0 Å². The average molecular weight is 205 g/mol. The first kappa shape index (κ1) is 13.0. The van der Waals surface area contributed by atoms with Crippen LogP contribution in [-0.4, -0.2) is 21.6 Å². The summed E-state index contributed by atoms with van der Waals surface area (Å²) in [6.07, 6.45) is 0. The molecule has 0 aromatic carbocycles. The number of hydroxylamine groups is 2. The second kappa shape index (κ2) is 4.04. The zero-order valence-corrected chi connectivity index (χ0v) is 10.2. The Hall–Kier alpha value is 0.0200. The second-order valence-corrected chi connectivity index (χ2v) is 6.06. The third-order valence-corrected chi connectivity index (χ3v) is 2.99. The summed E-state index contributed by atoms with van der Waals surface area (Å²) < 4.78 is 10.9. The zero-order valence-electron chi connectivity index (χ0n) is 9.33. The molecular formula is C9H20NO2P. The summed E-state index contributed by atoms with van der Waals surface area (Å²) in [4.78, 5) is 0. The fourth-order valence-corrected chi connectivity index (χ4v) is 1.69. The van der Waals surface area contributed by atoms with Gasteiger partial charge >= 0.3 is 0 Å². The summed E-state index contributed by atoms with van der Waals surface area (Å²) in [7, 11) is -0.0411. The molecular weight excluding hydrogens is 185 g/mol. The summed E-state index contributed by atoms with van der Waals surface area (Å²) in [5.41, 5.74) is -0.583. The Kier molecular flexibility index (Phi) is 4.04. The minimum Gasteiger partial charge on any atom is -0.312 e. The third kappa shape index (κ3) is 3.72. The van der Waals surface area contributed by atoms with Gasteiger partial charge in [-0.05, 0) is 26.2 Å². The van der Waals surface area contributed by atoms with Crippen LogP contribution in [0, 0.1) is 5.41 Å². The number of hydrogen-bond acceptors (Lipinski definition) is 3. The first-order valence-electron chi connectivity index (χ1n) is 4.41. The summed E-state index contributed by atoms with van der Waals surface area (Å²) in [5, 5.41) is 11.0. The predicted octanol–water partition coefficient (Wildman–Crippen LogP) is 3.14. The van der Waals surface area contributed by atoms with Gasteiger partial charge < -0.3 is 5.21 Å². The molecule has 4 heteroatoms. The van der Waals surface area contributed by atoms with E-state index in [1.165, 1.54) is 5.06 Å². The first-order chi connectivity index (χ1) is 5.60. The van der Waals surface area contributed by atoms with Crippen LogP contribution < -0.4 is 0 Å². The monoisotopic (exact) mass is 205 g/mol. The van der Waals surface area contributed by atoms with E-state index in [0.717, 1.165) is 0 Å². The summed E-state index contributed by atoms with van der Waals surface area (Å²) in [6, 6.07) is 0. The maximum absolute atomic E-state index is 10.9. The van der Waals surface area contributed by atoms with E-state index in [0.29, 0.717) is 0 Å². The normalized spacial score (nSPS) is 16.6. The van der Waals surface area contributed by atoms with Gasteiger partial charge in [-0.3, -0.25) is 4.57 Å². The van der Waals surface area contributed by atoms with E-state index in [2.05, 4.69) is 0 Å². The molecule has 3 nitrogen and oxygen atoms in total. The van der Waals surface area contributed by atoms with Crippen LogP contribution in [0.5, 0.6) is 0 Å². The van der Waals surface area contributed by atoms with Crippen LogP contribution in [0.1, 0.15) is 41.5 Å². The molecule has 1 unspecified atom stereocenters. The van der Waals surface area contributed by atoms with Crippen LogP contribution in [-0.2, 0) is 4.57 Å². The molecule has 0 aliphatic heterocycles. The molecule has 0 fully saturated rings. The smallest absolute Gasteiger partial charge is 0.177 e. The van der Waals surface area contributed by atoms with Crippen molar-refractivity contribution in [1.82, 2.24) is 5.06 Å². The standard InChI is InChI=1S/C9H20NO2P/c1-8(2,3)7(13-12)10(11)9(4,5)6/h7,11H,1-6H3. The molecule has 0 spiro atoms. The van der Waals surface area contributed by atoms with E-state index in [4.69, 9.17) is 0 Å². The van der Waals surface area contributed by atoms with Gasteiger partial charge in [-0.15, -0.1) is 0 Å². The van der Waals surface area contributed by atoms with Crippen molar-refractivity contribution >= 4 is 8.46 Å². The molecule has 0 bridgehead atoms. The van der Waals surface area contributed by atoms with Crippen LogP contribution in [0.2, 0.25) is 0 Å². The Bertz CT molecular complexity index is 181. The highest BCUT2D eigenvalue weighted by molar-refractivity contribution is 7.24. The highest BCUT2D eigenvalue weighted by Crippen LogP contribution is 2.34. The highest BCUT2D eigenvalue weighted by atomic mass is 31.1. The van der Waals surface area contributed by atoms with Gasteiger partial charge in [0.25, 0.3) is 0 Å². The maximum Gasteiger partial charge on any atom is 0.177 e. The topological polar surface area (TPSA) is 40.5 Å². The van der Waals surface area contributed by atoms with E-state index in [9.17, 15) is 9.77 Å². The van der Waals surface area contributed by atoms with Gasteiger partial charge in [-0.2, -0.15) is 5.06 Å². The zero-order chi connectivity index (χ0) is 10.9. The summed E-state index contributed by atoms with van der Waals surface area (Å²) in [6.45, 7) is 11.5. The molecule has 78 valence electrons. The number of nitrogens with zero attached hydrogens (tertiary/aromatic N) is 1. The Morgan fingerprint density at radius 2 is 1.54 bits per heavy atom. The van der Waals surface area contributed by atoms with Crippen molar-refractivity contribution in [1.29, 1.82) is 0 Å². The molecule has 1 N–H and O–H groups in total. The van der Waals surface area contributed by atoms with Crippen molar-refractivity contribution < 1.29 is 9.77 Å². The average Bonchev–Trinajstić information content (AvgIpc) is 1.83. The van der Waals surface area contributed by atoms with Crippen LogP contribution in [0.4, 0.5) is 0 Å². The molecule has 1 atom stereocenters. The van der Waals surface area contributed by atoms with Gasteiger partial charge in [-0.25, -0.2) is 0 Å². The lowest BCUT2D eigenvalue weighted by Gasteiger charge is -2.39. The van der Waals surface area contributed by atoms with E-state index in [1.54, 1.807) is 0 Å². The Morgan fingerprint density at radius 3 is 1.62 bits per heavy atom. The number of rotatable bonds is 2. The maximum atomic E-state index is 10.9. The molecule has 0 saturated heterocycles. The van der Waals surface area contributed by atoms with Crippen LogP contribution >= 0.6 is 8.46 Å². The van der Waals surface area contributed by atoms with Gasteiger partial charge in [-0.1, -0.05) is 20.8 Å². The lowest BCUT2D eigenvalue weighted by molar-refractivity contribution is -0.184. The Labute approximate surface area is 82.3 Å². The van der Waals surface area contributed by atoms with Gasteiger partial charge in [0.05, 0.1) is 0 Å². The van der Waals surface area contributed by atoms with Crippen LogP contribution in [0.3, 0.4) is 0 Å². The molecule has 0 rings (SSSR count). The van der Waals surface area contributed by atoms with Gasteiger partial charge in [0.15, 0.2) is 8.46 Å². The van der Waals surface area contributed by atoms with Crippen molar-refractivity contribution in [2.24, 2.45) is 5.41 Å². The van der Waals surface area contributed by atoms with Crippen molar-refractivity contribution in [3.05, 3.63) is 0 Å². The minimum atomic E-state index is -0.380. The quantitative estimate of drug-likeness (QED) is 0.556. The van der Waals surface area contributed by atoms with Crippen LogP contribution in [0.15, 0.2) is 0 Å². The molecule has 0 saturated carbocycles. The predicted molar refractivity (Wildman–Crippen MR) is 54.2 cm³/mol. The second-order valence-electron chi connectivity index (χ2n) is 5.36. The summed E-state index contributed by atoms with van der Waals surface area (Å²) in [5.74, 6) is -0.368. The van der Waals surface area contributed by atoms with E-state index in [1.807, 2.05) is 41.5 Å². The van der Waals surface area contributed by atoms with Crippen molar-refractivity contribution in [2.45, 2.75) is 52.9 Å².